The molecule has 2 aromatic rings. The summed E-state index contributed by atoms with van der Waals surface area (Å²) in [5.74, 6) is -0.646. The number of benzene rings is 1. The molecule has 0 aliphatic heterocycles. The number of hydrogen-bond acceptors (Lipinski definition) is 8. The summed E-state index contributed by atoms with van der Waals surface area (Å²) >= 11 is 3.79. The summed E-state index contributed by atoms with van der Waals surface area (Å²) in [5.41, 5.74) is -4.65. The van der Waals surface area contributed by atoms with E-state index in [-0.39, 0.29) is 39.1 Å². The van der Waals surface area contributed by atoms with E-state index in [2.05, 4.69) is 15.9 Å². The SMILES string of the molecule is CCOP(=O)(OCC)C(F)(F)c1sc2c(OOC)cc(C(=O)OC(C)(C)C)cc2c1Br. The average Bonchev–Trinajstić information content (AvgIpc) is 2.98. The molecule has 1 aromatic carbocycles. The largest absolute Gasteiger partial charge is 0.456 e. The van der Waals surface area contributed by atoms with Gasteiger partial charge in [0.25, 0.3) is 0 Å². The van der Waals surface area contributed by atoms with E-state index in [1.807, 2.05) is 0 Å². The number of fused-ring (bicyclic) bond motifs is 1. The van der Waals surface area contributed by atoms with E-state index in [0.29, 0.717) is 11.3 Å². The van der Waals surface area contributed by atoms with E-state index in [1.54, 1.807) is 20.8 Å². The lowest BCUT2D eigenvalue weighted by Gasteiger charge is -2.25. The van der Waals surface area contributed by atoms with Gasteiger partial charge in [-0.15, -0.1) is 11.3 Å². The van der Waals surface area contributed by atoms with Gasteiger partial charge in [0.05, 0.1) is 30.6 Å². The predicted octanol–water partition coefficient (Wildman–Crippen LogP) is 6.87. The highest BCUT2D eigenvalue weighted by Gasteiger charge is 2.57. The first kappa shape index (κ1) is 26.2. The molecule has 7 nitrogen and oxygen atoms in total. The van der Waals surface area contributed by atoms with Gasteiger partial charge in [0.2, 0.25) is 0 Å². The summed E-state index contributed by atoms with van der Waals surface area (Å²) < 4.78 is 58.9. The average molecular weight is 545 g/mol. The molecular formula is C19H24BrF2O7PS. The number of thiophene rings is 1. The van der Waals surface area contributed by atoms with Crippen LogP contribution in [0.4, 0.5) is 8.78 Å². The number of rotatable bonds is 9. The van der Waals surface area contributed by atoms with Crippen molar-refractivity contribution in [3.05, 3.63) is 27.0 Å². The summed E-state index contributed by atoms with van der Waals surface area (Å²) in [7, 11) is -3.59. The van der Waals surface area contributed by atoms with Crippen molar-refractivity contribution in [3.8, 4) is 5.75 Å². The van der Waals surface area contributed by atoms with Crippen molar-refractivity contribution < 1.29 is 41.7 Å². The maximum atomic E-state index is 15.4. The van der Waals surface area contributed by atoms with Crippen LogP contribution < -0.4 is 4.89 Å². The Kier molecular flexibility index (Phi) is 8.27. The lowest BCUT2D eigenvalue weighted by atomic mass is 10.1. The molecule has 0 fully saturated rings. The Balaban J connectivity index is 2.71. The molecule has 0 unspecified atom stereocenters. The Bertz CT molecular complexity index is 993. The number of carbonyl (C=O) groups is 1. The maximum absolute atomic E-state index is 15.4. The van der Waals surface area contributed by atoms with Crippen LogP contribution in [0, 0.1) is 0 Å². The lowest BCUT2D eigenvalue weighted by Crippen LogP contribution is -2.23. The molecule has 1 aromatic heterocycles. The number of alkyl halides is 2. The molecule has 0 amide bonds. The topological polar surface area (TPSA) is 80.3 Å². The molecule has 2 rings (SSSR count). The van der Waals surface area contributed by atoms with Crippen molar-refractivity contribution in [3.63, 3.8) is 0 Å². The number of esters is 1. The van der Waals surface area contributed by atoms with E-state index >= 15 is 8.78 Å². The van der Waals surface area contributed by atoms with E-state index in [9.17, 15) is 9.36 Å². The Morgan fingerprint density at radius 1 is 1.16 bits per heavy atom. The van der Waals surface area contributed by atoms with E-state index in [0.717, 1.165) is 0 Å². The first-order valence-electron chi connectivity index (χ1n) is 9.28. The first-order valence-corrected chi connectivity index (χ1v) is 12.4. The highest BCUT2D eigenvalue weighted by Crippen LogP contribution is 2.69. The zero-order valence-electron chi connectivity index (χ0n) is 17.9. The second-order valence-electron chi connectivity index (χ2n) is 7.22. The maximum Gasteiger partial charge on any atom is 0.405 e. The predicted molar refractivity (Wildman–Crippen MR) is 117 cm³/mol. The fraction of sp³-hybridized carbons (Fsp3) is 0.526. The van der Waals surface area contributed by atoms with Crippen LogP contribution in [0.1, 0.15) is 49.9 Å². The lowest BCUT2D eigenvalue weighted by molar-refractivity contribution is -0.176. The molecule has 0 aliphatic carbocycles. The number of halogens is 3. The summed E-state index contributed by atoms with van der Waals surface area (Å²) in [5, 5.41) is 0.231. The van der Waals surface area contributed by atoms with Gasteiger partial charge in [-0.25, -0.2) is 4.79 Å². The highest BCUT2D eigenvalue weighted by molar-refractivity contribution is 9.10. The second-order valence-corrected chi connectivity index (χ2v) is 11.1. The smallest absolute Gasteiger partial charge is 0.405 e. The second kappa shape index (κ2) is 9.80. The monoisotopic (exact) mass is 544 g/mol. The molecule has 0 aliphatic rings. The third-order valence-electron chi connectivity index (χ3n) is 3.72. The van der Waals surface area contributed by atoms with Gasteiger partial charge < -0.3 is 18.7 Å². The zero-order valence-corrected chi connectivity index (χ0v) is 21.2. The van der Waals surface area contributed by atoms with Gasteiger partial charge in [-0.05, 0) is 56.6 Å². The molecule has 0 saturated heterocycles. The van der Waals surface area contributed by atoms with Crippen molar-refractivity contribution in [2.45, 2.75) is 45.9 Å². The zero-order chi connectivity index (χ0) is 23.6. The summed E-state index contributed by atoms with van der Waals surface area (Å²) in [4.78, 5) is 21.8. The fourth-order valence-electron chi connectivity index (χ4n) is 2.60. The number of ether oxygens (including phenoxy) is 1. The number of carbonyl (C=O) groups excluding carboxylic acids is 1. The van der Waals surface area contributed by atoms with Crippen molar-refractivity contribution in [2.75, 3.05) is 20.3 Å². The van der Waals surface area contributed by atoms with Crippen LogP contribution in [-0.2, 0) is 28.9 Å². The normalized spacial score (nSPS) is 12.9. The van der Waals surface area contributed by atoms with Crippen molar-refractivity contribution in [2.24, 2.45) is 0 Å². The molecule has 31 heavy (non-hydrogen) atoms. The third-order valence-corrected chi connectivity index (χ3v) is 8.35. The standard InChI is InChI=1S/C19H24BrF2O7PS/c1-7-26-30(24,27-8-2)19(21,22)16-14(20)12-9-11(17(23)28-18(3,4)5)10-13(29-25-6)15(12)31-16/h9-10H,7-8H2,1-6H3. The molecule has 0 saturated carbocycles. The van der Waals surface area contributed by atoms with Gasteiger partial charge in [-0.3, -0.25) is 4.57 Å². The van der Waals surface area contributed by atoms with Gasteiger partial charge in [-0.2, -0.15) is 13.7 Å². The van der Waals surface area contributed by atoms with E-state index < -0.39 is 29.7 Å². The summed E-state index contributed by atoms with van der Waals surface area (Å²) in [6.45, 7) is 7.54. The minimum absolute atomic E-state index is 0.0243. The molecule has 0 spiro atoms. The van der Waals surface area contributed by atoms with Gasteiger partial charge in [0, 0.05) is 15.9 Å². The molecule has 1 heterocycles. The van der Waals surface area contributed by atoms with Crippen LogP contribution in [0.3, 0.4) is 0 Å². The summed E-state index contributed by atoms with van der Waals surface area (Å²) in [6, 6.07) is 2.72. The minimum Gasteiger partial charge on any atom is -0.456 e. The van der Waals surface area contributed by atoms with Crippen molar-refractivity contribution >= 4 is 50.9 Å². The Hall–Kier alpha value is -1.10. The van der Waals surface area contributed by atoms with Crippen molar-refractivity contribution in [1.82, 2.24) is 0 Å². The van der Waals surface area contributed by atoms with Crippen LogP contribution in [0.15, 0.2) is 16.6 Å². The molecule has 12 heteroatoms. The van der Waals surface area contributed by atoms with Crippen LogP contribution in [0.25, 0.3) is 10.1 Å². The Morgan fingerprint density at radius 3 is 2.23 bits per heavy atom. The summed E-state index contributed by atoms with van der Waals surface area (Å²) in [6.07, 6.45) is 0. The van der Waals surface area contributed by atoms with Gasteiger partial charge in [0.1, 0.15) is 10.5 Å². The molecule has 0 radical (unpaired) electrons. The first-order chi connectivity index (χ1) is 14.3. The molecule has 174 valence electrons. The molecule has 0 N–H and O–H groups in total. The van der Waals surface area contributed by atoms with Crippen LogP contribution >= 0.6 is 34.9 Å². The van der Waals surface area contributed by atoms with Gasteiger partial charge in [0.15, 0.2) is 5.75 Å². The minimum atomic E-state index is -4.83. The van der Waals surface area contributed by atoms with Gasteiger partial charge in [-0.1, -0.05) is 0 Å². The Labute approximate surface area is 191 Å². The Morgan fingerprint density at radius 2 is 1.74 bits per heavy atom. The fourth-order valence-corrected chi connectivity index (χ4v) is 6.59. The van der Waals surface area contributed by atoms with Gasteiger partial charge >= 0.3 is 19.2 Å². The molecule has 0 atom stereocenters. The quantitative estimate of drug-likeness (QED) is 0.147. The van der Waals surface area contributed by atoms with E-state index in [4.69, 9.17) is 23.6 Å². The van der Waals surface area contributed by atoms with Crippen LogP contribution in [0.5, 0.6) is 5.75 Å². The molecular weight excluding hydrogens is 521 g/mol. The third kappa shape index (κ3) is 5.46. The van der Waals surface area contributed by atoms with Crippen LogP contribution in [0.2, 0.25) is 0 Å². The van der Waals surface area contributed by atoms with Crippen LogP contribution in [-0.4, -0.2) is 31.9 Å². The highest BCUT2D eigenvalue weighted by atomic mass is 79.9. The van der Waals surface area contributed by atoms with Crippen molar-refractivity contribution in [1.29, 1.82) is 0 Å². The van der Waals surface area contributed by atoms with E-state index in [1.165, 1.54) is 33.1 Å². The number of hydrogen-bond donors (Lipinski definition) is 0. The molecule has 0 bridgehead atoms.